The van der Waals surface area contributed by atoms with Crippen LogP contribution in [0.15, 0.2) is 0 Å². The summed E-state index contributed by atoms with van der Waals surface area (Å²) < 4.78 is 17.6. The zero-order chi connectivity index (χ0) is 26.8. The van der Waals surface area contributed by atoms with Crippen LogP contribution in [-0.2, 0) is 19.0 Å². The molecule has 2 aliphatic heterocycles. The lowest BCUT2D eigenvalue weighted by Gasteiger charge is -2.61. The highest BCUT2D eigenvalue weighted by Crippen LogP contribution is 2.54. The number of likely N-dealkylation sites (tertiary alicyclic amines) is 1. The van der Waals surface area contributed by atoms with Gasteiger partial charge in [-0.15, -0.1) is 0 Å². The molecule has 8 heteroatoms. The molecule has 11 atom stereocenters. The average molecular weight is 536 g/mol. The van der Waals surface area contributed by atoms with Crippen molar-refractivity contribution in [3.63, 3.8) is 0 Å². The molecular formula is C30H53N3O5. The number of carbonyl (C=O) groups is 1. The van der Waals surface area contributed by atoms with Crippen molar-refractivity contribution in [3.8, 4) is 0 Å². The molecule has 11 unspecified atom stereocenters. The predicted octanol–water partition coefficient (Wildman–Crippen LogP) is 4.18. The maximum Gasteiger partial charge on any atom is 0.321 e. The molecule has 0 spiro atoms. The third-order valence-electron chi connectivity index (χ3n) is 11.1. The van der Waals surface area contributed by atoms with Crippen LogP contribution < -0.4 is 10.6 Å². The van der Waals surface area contributed by atoms with E-state index in [2.05, 4.69) is 22.5 Å². The van der Waals surface area contributed by atoms with E-state index < -0.39 is 12.0 Å². The number of nitrogens with one attached hydrogen (secondary N) is 2. The number of rotatable bonds is 7. The van der Waals surface area contributed by atoms with Crippen LogP contribution in [0, 0.1) is 29.6 Å². The van der Waals surface area contributed by atoms with Gasteiger partial charge >= 0.3 is 5.97 Å². The van der Waals surface area contributed by atoms with Gasteiger partial charge in [-0.25, -0.2) is 0 Å². The first-order valence-corrected chi connectivity index (χ1v) is 15.6. The number of ether oxygens (including phenoxy) is 3. The van der Waals surface area contributed by atoms with Gasteiger partial charge < -0.3 is 19.3 Å². The second kappa shape index (κ2) is 12.8. The molecule has 3 saturated carbocycles. The number of hydrogen-bond donors (Lipinski definition) is 3. The lowest BCUT2D eigenvalue weighted by atomic mass is 9.56. The molecule has 0 radical (unpaired) electrons. The number of carboxylic acid groups (broad SMARTS) is 1. The molecule has 2 heterocycles. The van der Waals surface area contributed by atoms with Crippen molar-refractivity contribution in [2.75, 3.05) is 21.3 Å². The second-order valence-corrected chi connectivity index (χ2v) is 13.0. The molecule has 0 aromatic carbocycles. The molecule has 38 heavy (non-hydrogen) atoms. The fraction of sp³-hybridized carbons (Fsp3) is 0.967. The lowest BCUT2D eigenvalue weighted by Crippen LogP contribution is -2.75. The molecule has 5 rings (SSSR count). The number of hydrogen-bond acceptors (Lipinski definition) is 7. The van der Waals surface area contributed by atoms with Crippen LogP contribution in [0.2, 0.25) is 0 Å². The predicted molar refractivity (Wildman–Crippen MR) is 146 cm³/mol. The van der Waals surface area contributed by atoms with Crippen LogP contribution >= 0.6 is 0 Å². The molecule has 5 fully saturated rings. The summed E-state index contributed by atoms with van der Waals surface area (Å²) in [6.07, 6.45) is 14.7. The summed E-state index contributed by atoms with van der Waals surface area (Å²) in [5.74, 6) is 1.48. The Morgan fingerprint density at radius 3 is 2.11 bits per heavy atom. The number of piperidine rings is 1. The van der Waals surface area contributed by atoms with Crippen LogP contribution in [0.4, 0.5) is 0 Å². The van der Waals surface area contributed by atoms with Gasteiger partial charge in [-0.2, -0.15) is 0 Å². The van der Waals surface area contributed by atoms with Gasteiger partial charge in [0.1, 0.15) is 18.6 Å². The van der Waals surface area contributed by atoms with Crippen LogP contribution in [0.5, 0.6) is 0 Å². The summed E-state index contributed by atoms with van der Waals surface area (Å²) in [5.41, 5.74) is 0. The zero-order valence-corrected chi connectivity index (χ0v) is 24.1. The average Bonchev–Trinajstić information content (AvgIpc) is 2.95. The Kier molecular flexibility index (Phi) is 9.70. The van der Waals surface area contributed by atoms with Gasteiger partial charge in [-0.1, -0.05) is 44.9 Å². The summed E-state index contributed by atoms with van der Waals surface area (Å²) in [6, 6.07) is -0.0460. The summed E-state index contributed by atoms with van der Waals surface area (Å²) in [6.45, 7) is 2.20. The van der Waals surface area contributed by atoms with Gasteiger partial charge in [0.15, 0.2) is 0 Å². The quantitative estimate of drug-likeness (QED) is 0.447. The zero-order valence-electron chi connectivity index (χ0n) is 24.1. The fourth-order valence-electron chi connectivity index (χ4n) is 9.52. The highest BCUT2D eigenvalue weighted by atomic mass is 16.5. The highest BCUT2D eigenvalue weighted by Gasteiger charge is 2.58. The Morgan fingerprint density at radius 1 is 0.763 bits per heavy atom. The maximum atomic E-state index is 13.4. The van der Waals surface area contributed by atoms with E-state index in [1.807, 2.05) is 0 Å². The number of carboxylic acids is 1. The Labute approximate surface area is 229 Å². The van der Waals surface area contributed by atoms with Crippen molar-refractivity contribution >= 4 is 5.97 Å². The van der Waals surface area contributed by atoms with Gasteiger partial charge in [0.2, 0.25) is 0 Å². The summed E-state index contributed by atoms with van der Waals surface area (Å²) in [7, 11) is 5.35. The largest absolute Gasteiger partial charge is 0.480 e. The summed E-state index contributed by atoms with van der Waals surface area (Å²) in [4.78, 5) is 15.9. The molecule has 2 saturated heterocycles. The first kappa shape index (κ1) is 28.7. The molecule has 8 nitrogen and oxygen atoms in total. The Bertz CT molecular complexity index is 779. The molecule has 3 N–H and O–H groups in total. The molecular weight excluding hydrogens is 482 g/mol. The minimum atomic E-state index is -0.640. The van der Waals surface area contributed by atoms with Gasteiger partial charge in [-0.05, 0) is 68.6 Å². The van der Waals surface area contributed by atoms with Crippen molar-refractivity contribution in [2.24, 2.45) is 29.6 Å². The topological polar surface area (TPSA) is 92.3 Å². The van der Waals surface area contributed by atoms with E-state index in [9.17, 15) is 9.90 Å². The monoisotopic (exact) mass is 535 g/mol. The lowest BCUT2D eigenvalue weighted by molar-refractivity contribution is -0.186. The molecule has 0 aromatic heterocycles. The highest BCUT2D eigenvalue weighted by molar-refractivity contribution is 5.74. The van der Waals surface area contributed by atoms with E-state index >= 15 is 0 Å². The Morgan fingerprint density at radius 2 is 1.45 bits per heavy atom. The van der Waals surface area contributed by atoms with Crippen LogP contribution in [0.3, 0.4) is 0 Å². The van der Waals surface area contributed by atoms with E-state index in [0.29, 0.717) is 23.7 Å². The van der Waals surface area contributed by atoms with E-state index in [4.69, 9.17) is 14.2 Å². The van der Waals surface area contributed by atoms with Crippen LogP contribution in [0.25, 0.3) is 0 Å². The van der Waals surface area contributed by atoms with Crippen LogP contribution in [0.1, 0.15) is 90.4 Å². The molecule has 0 amide bonds. The normalized spacial score (nSPS) is 45.4. The van der Waals surface area contributed by atoms with Gasteiger partial charge in [0, 0.05) is 39.8 Å². The second-order valence-electron chi connectivity index (χ2n) is 13.0. The SMILES string of the molecule is COC1CC(C)NC(N2C(C(=O)O)C(C3CCCCC3)C3CCCCC3C2C2CCC(OC)C(OC)C2)N1. The maximum absolute atomic E-state index is 13.4. The molecule has 0 aromatic rings. The third kappa shape index (κ3) is 5.68. The molecule has 0 bridgehead atoms. The minimum Gasteiger partial charge on any atom is -0.480 e. The van der Waals surface area contributed by atoms with Crippen molar-refractivity contribution in [3.05, 3.63) is 0 Å². The number of nitrogens with zero attached hydrogens (tertiary/aromatic N) is 1. The third-order valence-corrected chi connectivity index (χ3v) is 11.1. The number of aliphatic carboxylic acids is 1. The first-order chi connectivity index (χ1) is 18.5. The smallest absolute Gasteiger partial charge is 0.321 e. The Hall–Kier alpha value is -0.770. The van der Waals surface area contributed by atoms with Gasteiger partial charge in [0.05, 0.1) is 12.2 Å². The van der Waals surface area contributed by atoms with Crippen molar-refractivity contribution in [1.82, 2.24) is 15.5 Å². The fourth-order valence-corrected chi connectivity index (χ4v) is 9.52. The van der Waals surface area contributed by atoms with Crippen molar-refractivity contribution in [2.45, 2.75) is 133 Å². The summed E-state index contributed by atoms with van der Waals surface area (Å²) >= 11 is 0. The van der Waals surface area contributed by atoms with Gasteiger partial charge in [-0.3, -0.25) is 20.3 Å². The minimum absolute atomic E-state index is 0.0555. The van der Waals surface area contributed by atoms with Crippen molar-refractivity contribution < 1.29 is 24.1 Å². The molecule has 3 aliphatic carbocycles. The Balaban J connectivity index is 1.56. The van der Waals surface area contributed by atoms with Crippen LogP contribution in [-0.4, -0.2) is 80.2 Å². The van der Waals surface area contributed by atoms with E-state index in [1.165, 1.54) is 57.8 Å². The molecule has 218 valence electrons. The van der Waals surface area contributed by atoms with E-state index in [-0.39, 0.29) is 42.7 Å². The van der Waals surface area contributed by atoms with Crippen molar-refractivity contribution in [1.29, 1.82) is 0 Å². The van der Waals surface area contributed by atoms with E-state index in [1.54, 1.807) is 21.3 Å². The van der Waals surface area contributed by atoms with E-state index in [0.717, 1.165) is 25.7 Å². The number of fused-ring (bicyclic) bond motifs is 1. The standard InChI is InChI=1S/C30H53N3O5/c1-18-16-25(38-4)32-30(31-18)33-27(20-14-15-23(36-2)24(17-20)37-3)22-13-9-8-12-21(22)26(28(33)29(34)35)19-10-6-5-7-11-19/h18-28,30-32H,5-17H2,1-4H3,(H,34,35). The molecule has 5 aliphatic rings. The van der Waals surface area contributed by atoms with Gasteiger partial charge in [0.25, 0.3) is 0 Å². The number of methoxy groups -OCH3 is 3. The summed E-state index contributed by atoms with van der Waals surface area (Å²) in [5, 5.41) is 18.5. The first-order valence-electron chi connectivity index (χ1n) is 15.6.